The number of fused-ring (bicyclic) bond motifs is 1. The van der Waals surface area contributed by atoms with Gasteiger partial charge >= 0.3 is 0 Å². The van der Waals surface area contributed by atoms with Crippen LogP contribution in [0.15, 0.2) is 24.3 Å². The highest BCUT2D eigenvalue weighted by molar-refractivity contribution is 5.84. The number of aryl methyl sites for hydroxylation is 1. The average Bonchev–Trinajstić information content (AvgIpc) is 2.83. The summed E-state index contributed by atoms with van der Waals surface area (Å²) in [5.41, 5.74) is 2.80. The molecule has 1 aliphatic heterocycles. The lowest BCUT2D eigenvalue weighted by Gasteiger charge is -2.26. The van der Waals surface area contributed by atoms with Gasteiger partial charge in [0.15, 0.2) is 0 Å². The quantitative estimate of drug-likeness (QED) is 0.799. The maximum atomic E-state index is 12.5. The van der Waals surface area contributed by atoms with Gasteiger partial charge in [0.25, 0.3) is 0 Å². The van der Waals surface area contributed by atoms with Crippen LogP contribution in [0.5, 0.6) is 0 Å². The van der Waals surface area contributed by atoms with Crippen molar-refractivity contribution in [3.05, 3.63) is 35.4 Å². The molecule has 2 heteroatoms. The first-order chi connectivity index (χ1) is 8.75. The molecule has 0 N–H and O–H groups in total. The number of carbonyl (C=O) groups is 1. The molecule has 0 aromatic heterocycles. The Morgan fingerprint density at radius 2 is 2.00 bits per heavy atom. The number of carbonyl (C=O) groups excluding carboxylic acids is 1. The predicted octanol–water partition coefficient (Wildman–Crippen LogP) is 2.79. The number of ketones is 1. The summed E-state index contributed by atoms with van der Waals surface area (Å²) in [6, 6.07) is 8.53. The van der Waals surface area contributed by atoms with Crippen LogP contribution in [-0.2, 0) is 22.4 Å². The van der Waals surface area contributed by atoms with Gasteiger partial charge < -0.3 is 4.74 Å². The normalized spacial score (nSPS) is 31.1. The van der Waals surface area contributed by atoms with Gasteiger partial charge in [0, 0.05) is 18.4 Å². The molecule has 1 fully saturated rings. The van der Waals surface area contributed by atoms with E-state index in [-0.39, 0.29) is 17.9 Å². The summed E-state index contributed by atoms with van der Waals surface area (Å²) in [5, 5.41) is 0. The van der Waals surface area contributed by atoms with Gasteiger partial charge in [-0.1, -0.05) is 24.3 Å². The second-order valence-electron chi connectivity index (χ2n) is 5.58. The minimum absolute atomic E-state index is 0.120. The van der Waals surface area contributed by atoms with E-state index >= 15 is 0 Å². The maximum Gasteiger partial charge on any atom is 0.142 e. The molecule has 1 aromatic carbocycles. The second-order valence-corrected chi connectivity index (χ2v) is 5.58. The Hall–Kier alpha value is -1.15. The molecular formula is C16H20O2. The Kier molecular flexibility index (Phi) is 3.21. The molecule has 96 valence electrons. The fourth-order valence-corrected chi connectivity index (χ4v) is 3.35. The monoisotopic (exact) mass is 244 g/mol. The lowest BCUT2D eigenvalue weighted by molar-refractivity contribution is -0.128. The first-order valence-corrected chi connectivity index (χ1v) is 6.98. The Morgan fingerprint density at radius 3 is 2.72 bits per heavy atom. The van der Waals surface area contributed by atoms with Gasteiger partial charge in [0.05, 0.1) is 6.10 Å². The van der Waals surface area contributed by atoms with Crippen LogP contribution in [0, 0.1) is 11.8 Å². The molecule has 1 heterocycles. The summed E-state index contributed by atoms with van der Waals surface area (Å²) in [4.78, 5) is 12.5. The van der Waals surface area contributed by atoms with Gasteiger partial charge in [0.1, 0.15) is 5.78 Å². The van der Waals surface area contributed by atoms with E-state index in [9.17, 15) is 4.79 Å². The van der Waals surface area contributed by atoms with E-state index in [4.69, 9.17) is 4.74 Å². The van der Waals surface area contributed by atoms with Crippen molar-refractivity contribution in [2.24, 2.45) is 11.8 Å². The minimum Gasteiger partial charge on any atom is -0.378 e. The third kappa shape index (κ3) is 2.10. The largest absolute Gasteiger partial charge is 0.378 e. The smallest absolute Gasteiger partial charge is 0.142 e. The Bertz CT molecular complexity index is 452. The van der Waals surface area contributed by atoms with E-state index in [1.165, 1.54) is 11.1 Å². The highest BCUT2D eigenvalue weighted by atomic mass is 16.5. The Labute approximate surface area is 108 Å². The molecule has 0 saturated carbocycles. The first-order valence-electron chi connectivity index (χ1n) is 6.98. The number of Topliss-reactive ketones (excluding diaryl/α,β-unsaturated/α-hetero) is 1. The predicted molar refractivity (Wildman–Crippen MR) is 70.5 cm³/mol. The summed E-state index contributed by atoms with van der Waals surface area (Å²) < 4.78 is 5.53. The van der Waals surface area contributed by atoms with E-state index in [2.05, 4.69) is 24.3 Å². The average molecular weight is 244 g/mol. The van der Waals surface area contributed by atoms with Crippen LogP contribution in [0.4, 0.5) is 0 Å². The molecule has 3 atom stereocenters. The summed E-state index contributed by atoms with van der Waals surface area (Å²) in [7, 11) is 0. The molecule has 18 heavy (non-hydrogen) atoms. The molecular weight excluding hydrogens is 224 g/mol. The molecule has 3 rings (SSSR count). The van der Waals surface area contributed by atoms with Crippen molar-refractivity contribution in [2.75, 3.05) is 6.61 Å². The van der Waals surface area contributed by atoms with Crippen LogP contribution >= 0.6 is 0 Å². The van der Waals surface area contributed by atoms with Gasteiger partial charge in [-0.25, -0.2) is 0 Å². The standard InChI is InChI=1S/C16H20O2/c1-11-15(8-9-18-11)16(17)14-7-6-12-4-2-3-5-13(12)10-14/h2-5,11,14-15H,6-10H2,1H3. The number of hydrogen-bond acceptors (Lipinski definition) is 2. The number of ether oxygens (including phenoxy) is 1. The molecule has 1 aliphatic carbocycles. The molecule has 0 spiro atoms. The van der Waals surface area contributed by atoms with E-state index in [0.717, 1.165) is 32.3 Å². The first kappa shape index (κ1) is 11.9. The molecule has 2 aliphatic rings. The van der Waals surface area contributed by atoms with Crippen LogP contribution < -0.4 is 0 Å². The summed E-state index contributed by atoms with van der Waals surface area (Å²) in [5.74, 6) is 0.795. The molecule has 0 radical (unpaired) electrons. The van der Waals surface area contributed by atoms with Crippen molar-refractivity contribution >= 4 is 5.78 Å². The third-order valence-electron chi connectivity index (χ3n) is 4.49. The van der Waals surface area contributed by atoms with Gasteiger partial charge in [-0.05, 0) is 43.7 Å². The van der Waals surface area contributed by atoms with Crippen molar-refractivity contribution < 1.29 is 9.53 Å². The molecule has 0 bridgehead atoms. The van der Waals surface area contributed by atoms with Gasteiger partial charge in [-0.2, -0.15) is 0 Å². The zero-order valence-corrected chi connectivity index (χ0v) is 10.9. The van der Waals surface area contributed by atoms with Crippen molar-refractivity contribution in [3.8, 4) is 0 Å². The van der Waals surface area contributed by atoms with Crippen LogP contribution in [0.25, 0.3) is 0 Å². The number of benzene rings is 1. The molecule has 3 unspecified atom stereocenters. The Balaban J connectivity index is 1.74. The lowest BCUT2D eigenvalue weighted by Crippen LogP contribution is -2.31. The van der Waals surface area contributed by atoms with Crippen molar-refractivity contribution in [1.29, 1.82) is 0 Å². The number of rotatable bonds is 2. The summed E-state index contributed by atoms with van der Waals surface area (Å²) in [6.45, 7) is 2.78. The lowest BCUT2D eigenvalue weighted by atomic mass is 9.77. The topological polar surface area (TPSA) is 26.3 Å². The van der Waals surface area contributed by atoms with E-state index < -0.39 is 0 Å². The zero-order valence-electron chi connectivity index (χ0n) is 10.9. The molecule has 2 nitrogen and oxygen atoms in total. The van der Waals surface area contributed by atoms with Crippen LogP contribution in [-0.4, -0.2) is 18.5 Å². The molecule has 1 saturated heterocycles. The maximum absolute atomic E-state index is 12.5. The summed E-state index contributed by atoms with van der Waals surface area (Å²) >= 11 is 0. The van der Waals surface area contributed by atoms with E-state index in [0.29, 0.717) is 5.78 Å². The minimum atomic E-state index is 0.120. The molecule has 1 aromatic rings. The van der Waals surface area contributed by atoms with Crippen molar-refractivity contribution in [2.45, 2.75) is 38.7 Å². The van der Waals surface area contributed by atoms with Crippen molar-refractivity contribution in [3.63, 3.8) is 0 Å². The fourth-order valence-electron chi connectivity index (χ4n) is 3.35. The van der Waals surface area contributed by atoms with Crippen molar-refractivity contribution in [1.82, 2.24) is 0 Å². The molecule has 0 amide bonds. The summed E-state index contributed by atoms with van der Waals surface area (Å²) in [6.07, 6.45) is 4.03. The van der Waals surface area contributed by atoms with Gasteiger partial charge in [-0.3, -0.25) is 4.79 Å². The fraction of sp³-hybridized carbons (Fsp3) is 0.562. The van der Waals surface area contributed by atoms with Crippen LogP contribution in [0.3, 0.4) is 0 Å². The highest BCUT2D eigenvalue weighted by Gasteiger charge is 2.36. The van der Waals surface area contributed by atoms with E-state index in [1.54, 1.807) is 0 Å². The second kappa shape index (κ2) is 4.85. The van der Waals surface area contributed by atoms with Crippen LogP contribution in [0.1, 0.15) is 30.9 Å². The zero-order chi connectivity index (χ0) is 12.5. The SMILES string of the molecule is CC1OCCC1C(=O)C1CCc2ccccc2C1. The van der Waals surface area contributed by atoms with Gasteiger partial charge in [0.2, 0.25) is 0 Å². The van der Waals surface area contributed by atoms with Gasteiger partial charge in [-0.15, -0.1) is 0 Å². The van der Waals surface area contributed by atoms with E-state index in [1.807, 2.05) is 6.92 Å². The van der Waals surface area contributed by atoms with Crippen LogP contribution in [0.2, 0.25) is 0 Å². The third-order valence-corrected chi connectivity index (χ3v) is 4.49. The number of hydrogen-bond donors (Lipinski definition) is 0. The Morgan fingerprint density at radius 1 is 1.22 bits per heavy atom. The highest BCUT2D eigenvalue weighted by Crippen LogP contribution is 2.31.